The van der Waals surface area contributed by atoms with Crippen LogP contribution in [0.1, 0.15) is 0 Å². The minimum absolute atomic E-state index is 0.595. The summed E-state index contributed by atoms with van der Waals surface area (Å²) in [6.45, 7) is 0. The highest BCUT2D eigenvalue weighted by atomic mass is 15.2. The third-order valence-electron chi connectivity index (χ3n) is 24.2. The van der Waals surface area contributed by atoms with Gasteiger partial charge in [0.15, 0.2) is 5.82 Å². The summed E-state index contributed by atoms with van der Waals surface area (Å²) >= 11 is 0. The van der Waals surface area contributed by atoms with Gasteiger partial charge in [-0.1, -0.05) is 224 Å². The third kappa shape index (κ3) is 8.60. The van der Waals surface area contributed by atoms with Crippen LogP contribution in [0.2, 0.25) is 0 Å². The lowest BCUT2D eigenvalue weighted by Gasteiger charge is -2.16. The molecule has 0 fully saturated rings. The van der Waals surface area contributed by atoms with Gasteiger partial charge in [-0.2, -0.15) is 4.98 Å². The zero-order chi connectivity index (χ0) is 73.0. The maximum Gasteiger partial charge on any atom is 0.237 e. The Morgan fingerprint density at radius 1 is 0.179 bits per heavy atom. The van der Waals surface area contributed by atoms with Gasteiger partial charge in [-0.3, -0.25) is 9.13 Å². The second-order valence-corrected chi connectivity index (χ2v) is 29.9. The lowest BCUT2D eigenvalue weighted by Crippen LogP contribution is -2.08. The van der Waals surface area contributed by atoms with Crippen LogP contribution in [0, 0.1) is 0 Å². The van der Waals surface area contributed by atoms with Gasteiger partial charge >= 0.3 is 0 Å². The van der Waals surface area contributed by atoms with E-state index in [9.17, 15) is 0 Å². The molecule has 1 aliphatic rings. The van der Waals surface area contributed by atoms with E-state index in [1.165, 1.54) is 87.3 Å². The van der Waals surface area contributed by atoms with E-state index in [4.69, 9.17) is 9.97 Å². The van der Waals surface area contributed by atoms with Crippen molar-refractivity contribution in [1.29, 1.82) is 0 Å². The van der Waals surface area contributed by atoms with E-state index in [0.717, 1.165) is 139 Å². The van der Waals surface area contributed by atoms with Crippen molar-refractivity contribution in [2.75, 3.05) is 0 Å². The highest BCUT2D eigenvalue weighted by molar-refractivity contribution is 6.22. The van der Waals surface area contributed by atoms with Crippen molar-refractivity contribution >= 4 is 142 Å². The largest absolute Gasteiger partial charge is 0.309 e. The van der Waals surface area contributed by atoms with Crippen LogP contribution in [-0.2, 0) is 0 Å². The van der Waals surface area contributed by atoms with Gasteiger partial charge < -0.3 is 18.3 Å². The van der Waals surface area contributed by atoms with Crippen LogP contribution in [0.3, 0.4) is 0 Å². The molecule has 7 aromatic heterocycles. The molecule has 8 nitrogen and oxygen atoms in total. The first kappa shape index (κ1) is 61.0. The molecule has 0 saturated heterocycles. The predicted octanol–water partition coefficient (Wildman–Crippen LogP) is 26.9. The minimum atomic E-state index is 0.595. The predicted molar refractivity (Wildman–Crippen MR) is 466 cm³/mol. The van der Waals surface area contributed by atoms with E-state index < -0.39 is 0 Å². The Morgan fingerprint density at radius 2 is 0.464 bits per heavy atom. The first-order valence-electron chi connectivity index (χ1n) is 38.4. The molecule has 518 valence electrons. The van der Waals surface area contributed by atoms with E-state index in [1.807, 2.05) is 0 Å². The molecule has 8 heteroatoms. The summed E-state index contributed by atoms with van der Waals surface area (Å²) in [6, 6.07) is 139. The average molecular weight is 1420 g/mol. The van der Waals surface area contributed by atoms with Gasteiger partial charge in [-0.15, -0.1) is 0 Å². The average Bonchev–Trinajstić information content (AvgIpc) is 1.53. The van der Waals surface area contributed by atoms with E-state index in [0.29, 0.717) is 5.95 Å². The fourth-order valence-corrected chi connectivity index (χ4v) is 19.3. The Morgan fingerprint density at radius 3 is 0.839 bits per heavy atom. The lowest BCUT2D eigenvalue weighted by molar-refractivity contribution is 0.957. The molecule has 0 spiro atoms. The molecule has 1 aliphatic carbocycles. The quantitative estimate of drug-likeness (QED) is 0.145. The minimum Gasteiger partial charge on any atom is -0.309 e. The molecule has 0 unspecified atom stereocenters. The number of aromatic nitrogens is 8. The summed E-state index contributed by atoms with van der Waals surface area (Å²) < 4.78 is 14.4. The molecule has 25 rings (SSSR count). The van der Waals surface area contributed by atoms with E-state index >= 15 is 0 Å². The van der Waals surface area contributed by atoms with Crippen molar-refractivity contribution in [2.45, 2.75) is 0 Å². The van der Waals surface area contributed by atoms with Crippen LogP contribution in [0.5, 0.6) is 0 Å². The van der Waals surface area contributed by atoms with Gasteiger partial charge in [0, 0.05) is 98.0 Å². The molecular weight excluding hydrogens is 1360 g/mol. The van der Waals surface area contributed by atoms with Gasteiger partial charge in [0.1, 0.15) is 0 Å². The van der Waals surface area contributed by atoms with E-state index in [-0.39, 0.29) is 0 Å². The lowest BCUT2D eigenvalue weighted by atomic mass is 10.00. The number of benzene rings is 17. The summed E-state index contributed by atoms with van der Waals surface area (Å²) in [4.78, 5) is 12.0. The molecule has 0 aliphatic heterocycles. The number of rotatable bonds is 9. The zero-order valence-corrected chi connectivity index (χ0v) is 60.4. The van der Waals surface area contributed by atoms with E-state index in [1.54, 1.807) is 0 Å². The van der Waals surface area contributed by atoms with Gasteiger partial charge in [0.2, 0.25) is 5.95 Å². The van der Waals surface area contributed by atoms with Gasteiger partial charge in [0.25, 0.3) is 0 Å². The first-order valence-corrected chi connectivity index (χ1v) is 38.4. The topological polar surface area (TPSA) is 55.4 Å². The van der Waals surface area contributed by atoms with Crippen LogP contribution < -0.4 is 0 Å². The molecule has 0 saturated carbocycles. The molecule has 0 atom stereocenters. The van der Waals surface area contributed by atoms with Gasteiger partial charge in [0.05, 0.1) is 83.1 Å². The zero-order valence-electron chi connectivity index (χ0n) is 60.4. The van der Waals surface area contributed by atoms with E-state index in [2.05, 4.69) is 404 Å². The second-order valence-electron chi connectivity index (χ2n) is 29.9. The number of para-hydroxylation sites is 9. The van der Waals surface area contributed by atoms with Crippen molar-refractivity contribution in [3.8, 4) is 90.3 Å². The monoisotopic (exact) mass is 1420 g/mol. The normalized spacial score (nSPS) is 12.3. The summed E-state index contributed by atoms with van der Waals surface area (Å²) in [6.07, 6.45) is 0. The van der Waals surface area contributed by atoms with Crippen molar-refractivity contribution < 1.29 is 0 Å². The molecule has 112 heavy (non-hydrogen) atoms. The highest BCUT2D eigenvalue weighted by Gasteiger charge is 2.33. The highest BCUT2D eigenvalue weighted by Crippen LogP contribution is 2.53. The van der Waals surface area contributed by atoms with Crippen LogP contribution in [0.4, 0.5) is 0 Å². The van der Waals surface area contributed by atoms with Gasteiger partial charge in [-0.05, 0) is 191 Å². The molecule has 24 aromatic rings. The summed E-state index contributed by atoms with van der Waals surface area (Å²) in [5, 5.41) is 16.6. The number of fused-ring (bicyclic) bond motifs is 21. The molecule has 0 bridgehead atoms. The van der Waals surface area contributed by atoms with Crippen molar-refractivity contribution in [2.24, 2.45) is 0 Å². The maximum absolute atomic E-state index is 6.08. The number of hydrogen-bond acceptors (Lipinski definition) is 2. The summed E-state index contributed by atoms with van der Waals surface area (Å²) in [7, 11) is 0. The smallest absolute Gasteiger partial charge is 0.237 e. The van der Waals surface area contributed by atoms with Crippen molar-refractivity contribution in [1.82, 2.24) is 37.4 Å². The Hall–Kier alpha value is -15.1. The fourth-order valence-electron chi connectivity index (χ4n) is 19.3. The number of hydrogen-bond donors (Lipinski definition) is 0. The fraction of sp³-hybridized carbons (Fsp3) is 0. The SMILES string of the molecule is c1ccc(-n2c3ccccc3c3cc(-c4ccc5c(c4)c4ccccc4n5-c4nc5c(c(-n6c7ccccc7c7cc(-c8ccc9c(c8)c8ccccc8n9-c8ccccc8)ccc76)n4)-c4ccc(-n6c7ccccc7c7cc(-c8ccc9c(c8)c8ccccc8n9-c8ccccc8)ccc76)c6cccc-5c46)ccc32)cc1. The maximum atomic E-state index is 6.08. The van der Waals surface area contributed by atoms with Crippen LogP contribution in [0.25, 0.3) is 232 Å². The molecule has 7 heterocycles. The molecule has 17 aromatic carbocycles. The second kappa shape index (κ2) is 23.2. The molecule has 0 radical (unpaired) electrons. The van der Waals surface area contributed by atoms with Crippen LogP contribution in [0.15, 0.2) is 376 Å². The van der Waals surface area contributed by atoms with Crippen LogP contribution in [-0.4, -0.2) is 37.4 Å². The van der Waals surface area contributed by atoms with Crippen molar-refractivity contribution in [3.05, 3.63) is 376 Å². The molecule has 0 N–H and O–H groups in total. The first-order chi connectivity index (χ1) is 55.6. The standard InChI is InChI=1S/C104H62N8/c1-4-23-69(24-5-1)107-87-37-16-10-29-72(87)81-57-63(43-50-94(81)107)66-46-53-97-84(60-66)75-32-13-19-40-90(75)110(97)93-56-49-79-100-78(93)35-22-36-80(100)102-101(79)103(111-91-41-20-14-33-76(91)85-61-67(47-54-98(85)111)64-44-51-95-82(58-64)73-30-11-17-38-88(73)108(95)70-25-6-2-7-26-70)106-104(105-102)112-92-42-21-15-34-77(92)86-62-68(48-55-99(86)112)65-45-52-96-83(59-65)74-31-12-18-39-89(74)109(96)71-27-8-3-9-28-71/h1-62H. The molecule has 0 amide bonds. The third-order valence-corrected chi connectivity index (χ3v) is 24.2. The molecular formula is C104H62N8. The number of nitrogens with zero attached hydrogens (tertiary/aromatic N) is 8. The van der Waals surface area contributed by atoms with Crippen LogP contribution >= 0.6 is 0 Å². The Bertz CT molecular complexity index is 8180. The Balaban J connectivity index is 0.687. The Labute approximate surface area is 641 Å². The van der Waals surface area contributed by atoms with Crippen molar-refractivity contribution in [3.63, 3.8) is 0 Å². The summed E-state index contributed by atoms with van der Waals surface area (Å²) in [5.74, 6) is 1.41. The summed E-state index contributed by atoms with van der Waals surface area (Å²) in [5.41, 5.74) is 29.1. The Kier molecular flexibility index (Phi) is 12.6. The van der Waals surface area contributed by atoms with Gasteiger partial charge in [-0.25, -0.2) is 4.98 Å².